The molecule has 110 valence electrons. The van der Waals surface area contributed by atoms with Crippen molar-refractivity contribution >= 4 is 6.29 Å². The first-order valence-corrected chi connectivity index (χ1v) is 7.10. The van der Waals surface area contributed by atoms with Gasteiger partial charge in [-0.15, -0.1) is 0 Å². The summed E-state index contributed by atoms with van der Waals surface area (Å²) in [5.41, 5.74) is 1.79. The van der Waals surface area contributed by atoms with Crippen molar-refractivity contribution in [1.82, 2.24) is 4.90 Å². The van der Waals surface area contributed by atoms with E-state index in [0.717, 1.165) is 43.8 Å². The summed E-state index contributed by atoms with van der Waals surface area (Å²) in [6.07, 6.45) is 3.22. The Labute approximate surface area is 120 Å². The molecule has 0 spiro atoms. The number of rotatable bonds is 6. The Bertz CT molecular complexity index is 439. The highest BCUT2D eigenvalue weighted by Gasteiger charge is 2.20. The second kappa shape index (κ2) is 7.41. The van der Waals surface area contributed by atoms with Gasteiger partial charge in [-0.05, 0) is 50.0 Å². The fourth-order valence-corrected chi connectivity index (χ4v) is 2.78. The molecule has 1 aliphatic rings. The van der Waals surface area contributed by atoms with Gasteiger partial charge < -0.3 is 9.47 Å². The molecule has 4 nitrogen and oxygen atoms in total. The standard InChI is InChI=1S/C16H23NO3/c1-19-12-13-5-7-17(8-6-13)10-15-9-14(11-18)3-4-16(15)20-2/h3-4,9,11,13H,5-8,10,12H2,1-2H3. The average molecular weight is 277 g/mol. The van der Waals surface area contributed by atoms with Gasteiger partial charge in [0.1, 0.15) is 12.0 Å². The molecule has 1 aromatic rings. The highest BCUT2D eigenvalue weighted by Crippen LogP contribution is 2.24. The van der Waals surface area contributed by atoms with Gasteiger partial charge in [-0.2, -0.15) is 0 Å². The predicted octanol–water partition coefficient (Wildman–Crippen LogP) is 2.37. The van der Waals surface area contributed by atoms with Crippen LogP contribution in [0.15, 0.2) is 18.2 Å². The largest absolute Gasteiger partial charge is 0.496 e. The molecular formula is C16H23NO3. The molecule has 0 saturated carbocycles. The normalized spacial score (nSPS) is 17.1. The Hall–Kier alpha value is -1.39. The van der Waals surface area contributed by atoms with E-state index in [-0.39, 0.29) is 0 Å². The Balaban J connectivity index is 1.98. The Morgan fingerprint density at radius 1 is 1.30 bits per heavy atom. The molecule has 1 aromatic carbocycles. The van der Waals surface area contributed by atoms with Crippen LogP contribution >= 0.6 is 0 Å². The molecule has 0 radical (unpaired) electrons. The zero-order valence-corrected chi connectivity index (χ0v) is 12.3. The molecule has 0 aromatic heterocycles. The van der Waals surface area contributed by atoms with Gasteiger partial charge in [0.2, 0.25) is 0 Å². The second-order valence-corrected chi connectivity index (χ2v) is 5.36. The van der Waals surface area contributed by atoms with Gasteiger partial charge in [0, 0.05) is 31.4 Å². The Kier molecular flexibility index (Phi) is 5.56. The first kappa shape index (κ1) is 15.0. The van der Waals surface area contributed by atoms with Crippen molar-refractivity contribution in [3.63, 3.8) is 0 Å². The van der Waals surface area contributed by atoms with Gasteiger partial charge in [0.05, 0.1) is 7.11 Å². The van der Waals surface area contributed by atoms with Crippen molar-refractivity contribution in [2.45, 2.75) is 19.4 Å². The predicted molar refractivity (Wildman–Crippen MR) is 78.3 cm³/mol. The van der Waals surface area contributed by atoms with Crippen molar-refractivity contribution < 1.29 is 14.3 Å². The SMILES string of the molecule is COCC1CCN(Cc2cc(C=O)ccc2OC)CC1. The van der Waals surface area contributed by atoms with E-state index < -0.39 is 0 Å². The van der Waals surface area contributed by atoms with Gasteiger partial charge >= 0.3 is 0 Å². The van der Waals surface area contributed by atoms with Crippen molar-refractivity contribution in [3.05, 3.63) is 29.3 Å². The molecule has 0 aliphatic carbocycles. The van der Waals surface area contributed by atoms with Crippen molar-refractivity contribution in [2.75, 3.05) is 33.9 Å². The number of piperidine rings is 1. The summed E-state index contributed by atoms with van der Waals surface area (Å²) >= 11 is 0. The van der Waals surface area contributed by atoms with Crippen LogP contribution < -0.4 is 4.74 Å². The van der Waals surface area contributed by atoms with Crippen molar-refractivity contribution in [2.24, 2.45) is 5.92 Å². The maximum atomic E-state index is 10.9. The number of ether oxygens (including phenoxy) is 2. The van der Waals surface area contributed by atoms with Gasteiger partial charge in [-0.25, -0.2) is 0 Å². The van der Waals surface area contributed by atoms with E-state index in [2.05, 4.69) is 4.90 Å². The zero-order chi connectivity index (χ0) is 14.4. The van der Waals surface area contributed by atoms with Crippen LogP contribution in [-0.4, -0.2) is 45.1 Å². The van der Waals surface area contributed by atoms with E-state index >= 15 is 0 Å². The lowest BCUT2D eigenvalue weighted by Gasteiger charge is -2.31. The first-order chi connectivity index (χ1) is 9.76. The molecule has 0 N–H and O–H groups in total. The molecule has 0 amide bonds. The smallest absolute Gasteiger partial charge is 0.150 e. The van der Waals surface area contributed by atoms with Crippen LogP contribution in [0.2, 0.25) is 0 Å². The lowest BCUT2D eigenvalue weighted by atomic mass is 9.97. The minimum Gasteiger partial charge on any atom is -0.496 e. The molecule has 0 bridgehead atoms. The Morgan fingerprint density at radius 2 is 2.05 bits per heavy atom. The molecule has 0 atom stereocenters. The van der Waals surface area contributed by atoms with Gasteiger partial charge in [0.25, 0.3) is 0 Å². The molecule has 2 rings (SSSR count). The van der Waals surface area contributed by atoms with E-state index in [9.17, 15) is 4.79 Å². The quantitative estimate of drug-likeness (QED) is 0.748. The van der Waals surface area contributed by atoms with E-state index in [1.807, 2.05) is 12.1 Å². The van der Waals surface area contributed by atoms with Crippen molar-refractivity contribution in [1.29, 1.82) is 0 Å². The highest BCUT2D eigenvalue weighted by molar-refractivity contribution is 5.75. The van der Waals surface area contributed by atoms with Crippen molar-refractivity contribution in [3.8, 4) is 5.75 Å². The van der Waals surface area contributed by atoms with Crippen LogP contribution in [0.1, 0.15) is 28.8 Å². The summed E-state index contributed by atoms with van der Waals surface area (Å²) in [4.78, 5) is 13.3. The number of aldehydes is 1. The molecule has 1 fully saturated rings. The minimum absolute atomic E-state index is 0.680. The van der Waals surface area contributed by atoms with Crippen LogP contribution in [0.3, 0.4) is 0 Å². The van der Waals surface area contributed by atoms with Crippen LogP contribution in [-0.2, 0) is 11.3 Å². The number of carbonyl (C=O) groups excluding carboxylic acids is 1. The summed E-state index contributed by atoms with van der Waals surface area (Å²) in [6.45, 7) is 3.84. The lowest BCUT2D eigenvalue weighted by molar-refractivity contribution is 0.0964. The molecule has 20 heavy (non-hydrogen) atoms. The van der Waals surface area contributed by atoms with Gasteiger partial charge in [-0.3, -0.25) is 9.69 Å². The van der Waals surface area contributed by atoms with Crippen LogP contribution in [0.5, 0.6) is 5.75 Å². The molecule has 0 unspecified atom stereocenters. The summed E-state index contributed by atoms with van der Waals surface area (Å²) in [7, 11) is 3.44. The van der Waals surface area contributed by atoms with E-state index in [1.54, 1.807) is 20.3 Å². The third kappa shape index (κ3) is 3.81. The van der Waals surface area contributed by atoms with E-state index in [0.29, 0.717) is 11.5 Å². The van der Waals surface area contributed by atoms with Gasteiger partial charge in [0.15, 0.2) is 0 Å². The third-order valence-electron chi connectivity index (χ3n) is 3.94. The number of hydrogen-bond acceptors (Lipinski definition) is 4. The summed E-state index contributed by atoms with van der Waals surface area (Å²) in [5, 5.41) is 0. The third-order valence-corrected chi connectivity index (χ3v) is 3.94. The average Bonchev–Trinajstić information content (AvgIpc) is 2.49. The number of nitrogens with zero attached hydrogens (tertiary/aromatic N) is 1. The number of likely N-dealkylation sites (tertiary alicyclic amines) is 1. The molecule has 1 aliphatic heterocycles. The minimum atomic E-state index is 0.680. The molecule has 4 heteroatoms. The summed E-state index contributed by atoms with van der Waals surface area (Å²) in [6, 6.07) is 5.59. The molecule has 1 saturated heterocycles. The maximum Gasteiger partial charge on any atom is 0.150 e. The molecule has 1 heterocycles. The summed E-state index contributed by atoms with van der Waals surface area (Å²) in [5.74, 6) is 1.54. The second-order valence-electron chi connectivity index (χ2n) is 5.36. The fraction of sp³-hybridized carbons (Fsp3) is 0.562. The van der Waals surface area contributed by atoms with E-state index in [4.69, 9.17) is 9.47 Å². The summed E-state index contributed by atoms with van der Waals surface area (Å²) < 4.78 is 10.6. The number of carbonyl (C=O) groups is 1. The van der Waals surface area contributed by atoms with E-state index in [1.165, 1.54) is 12.8 Å². The fourth-order valence-electron chi connectivity index (χ4n) is 2.78. The number of methoxy groups -OCH3 is 2. The highest BCUT2D eigenvalue weighted by atomic mass is 16.5. The first-order valence-electron chi connectivity index (χ1n) is 7.10. The zero-order valence-electron chi connectivity index (χ0n) is 12.3. The lowest BCUT2D eigenvalue weighted by Crippen LogP contribution is -2.34. The topological polar surface area (TPSA) is 38.8 Å². The molecular weight excluding hydrogens is 254 g/mol. The van der Waals surface area contributed by atoms with Crippen LogP contribution in [0.4, 0.5) is 0 Å². The number of benzene rings is 1. The monoisotopic (exact) mass is 277 g/mol. The maximum absolute atomic E-state index is 10.9. The van der Waals surface area contributed by atoms with Crippen LogP contribution in [0.25, 0.3) is 0 Å². The number of hydrogen-bond donors (Lipinski definition) is 0. The van der Waals surface area contributed by atoms with Crippen LogP contribution in [0, 0.1) is 5.92 Å². The Morgan fingerprint density at radius 3 is 2.65 bits per heavy atom. The van der Waals surface area contributed by atoms with Gasteiger partial charge in [-0.1, -0.05) is 0 Å².